The van der Waals surface area contributed by atoms with Gasteiger partial charge in [0.2, 0.25) is 0 Å². The number of benzene rings is 1. The Morgan fingerprint density at radius 1 is 1.04 bits per heavy atom. The predicted molar refractivity (Wildman–Crippen MR) is 101 cm³/mol. The van der Waals surface area contributed by atoms with E-state index in [-0.39, 0.29) is 24.8 Å². The number of nitrogens with one attached hydrogen (secondary N) is 1. The van der Waals surface area contributed by atoms with Crippen molar-refractivity contribution in [3.8, 4) is 5.75 Å². The van der Waals surface area contributed by atoms with E-state index in [4.69, 9.17) is 9.47 Å². The second-order valence-electron chi connectivity index (χ2n) is 6.65. The molecule has 0 bridgehead atoms. The highest BCUT2D eigenvalue weighted by atomic mass is 35.5. The van der Waals surface area contributed by atoms with Crippen LogP contribution < -0.4 is 10.1 Å². The third kappa shape index (κ3) is 4.17. The van der Waals surface area contributed by atoms with Crippen LogP contribution in [-0.2, 0) is 11.2 Å². The summed E-state index contributed by atoms with van der Waals surface area (Å²) in [5.41, 5.74) is 2.88. The number of hydrogen-bond acceptors (Lipinski definition) is 4. The van der Waals surface area contributed by atoms with Gasteiger partial charge in [-0.3, -0.25) is 4.90 Å². The summed E-state index contributed by atoms with van der Waals surface area (Å²) in [5, 5.41) is 3.48. The molecule has 0 saturated carbocycles. The van der Waals surface area contributed by atoms with Crippen LogP contribution in [0.25, 0.3) is 0 Å². The standard InChI is InChI=1S/C18H26N2O2.2ClH/c1-2-17-15(5-12-22-17)13-16(1)18(14-3-10-21-11-4-14)20-8-6-19-7-9-20;;/h1-2,13-14,18-19H,3-12H2;2*1H/t18-;;/m0../s1. The number of piperazine rings is 1. The molecule has 4 rings (SSSR count). The molecule has 1 N–H and O–H groups in total. The molecule has 136 valence electrons. The molecule has 1 aromatic carbocycles. The van der Waals surface area contributed by atoms with Crippen molar-refractivity contribution in [3.05, 3.63) is 29.3 Å². The Labute approximate surface area is 157 Å². The Morgan fingerprint density at radius 3 is 2.54 bits per heavy atom. The van der Waals surface area contributed by atoms with Crippen molar-refractivity contribution in [2.75, 3.05) is 46.0 Å². The van der Waals surface area contributed by atoms with Crippen LogP contribution in [0.1, 0.15) is 30.0 Å². The Kier molecular flexibility index (Phi) is 7.63. The van der Waals surface area contributed by atoms with Crippen LogP contribution in [-0.4, -0.2) is 50.9 Å². The summed E-state index contributed by atoms with van der Waals surface area (Å²) < 4.78 is 11.3. The number of nitrogens with zero attached hydrogens (tertiary/aromatic N) is 1. The third-order valence-corrected chi connectivity index (χ3v) is 5.31. The molecule has 3 aliphatic rings. The summed E-state index contributed by atoms with van der Waals surface area (Å²) in [6, 6.07) is 7.43. The van der Waals surface area contributed by atoms with Gasteiger partial charge in [-0.25, -0.2) is 0 Å². The minimum Gasteiger partial charge on any atom is -0.493 e. The first-order valence-electron chi connectivity index (χ1n) is 8.70. The highest BCUT2D eigenvalue weighted by Gasteiger charge is 2.31. The van der Waals surface area contributed by atoms with Gasteiger partial charge >= 0.3 is 0 Å². The molecular weight excluding hydrogens is 347 g/mol. The summed E-state index contributed by atoms with van der Waals surface area (Å²) in [5.74, 6) is 1.81. The first-order valence-corrected chi connectivity index (χ1v) is 8.70. The maximum absolute atomic E-state index is 5.68. The highest BCUT2D eigenvalue weighted by Crippen LogP contribution is 2.38. The summed E-state index contributed by atoms with van der Waals surface area (Å²) in [4.78, 5) is 2.68. The summed E-state index contributed by atoms with van der Waals surface area (Å²) in [6.07, 6.45) is 3.43. The van der Waals surface area contributed by atoms with Gasteiger partial charge in [-0.05, 0) is 36.0 Å². The molecule has 0 spiro atoms. The molecule has 1 aromatic rings. The molecule has 6 heteroatoms. The SMILES string of the molecule is Cl.Cl.c1cc2c(cc1[C@H](C1CCOCC1)N1CCNCC1)CCO2. The molecule has 0 unspecified atom stereocenters. The van der Waals surface area contributed by atoms with Crippen LogP contribution in [0, 0.1) is 5.92 Å². The maximum Gasteiger partial charge on any atom is 0.122 e. The molecule has 0 aromatic heterocycles. The first-order chi connectivity index (χ1) is 10.9. The van der Waals surface area contributed by atoms with Crippen LogP contribution in [0.5, 0.6) is 5.75 Å². The largest absolute Gasteiger partial charge is 0.493 e. The Bertz CT molecular complexity index is 500. The summed E-state index contributed by atoms with van der Waals surface area (Å²) in [6.45, 7) is 7.18. The van der Waals surface area contributed by atoms with Crippen LogP contribution in [0.3, 0.4) is 0 Å². The van der Waals surface area contributed by atoms with Crippen LogP contribution in [0.2, 0.25) is 0 Å². The van der Waals surface area contributed by atoms with Gasteiger partial charge in [0, 0.05) is 51.9 Å². The second kappa shape index (κ2) is 9.25. The molecule has 2 fully saturated rings. The van der Waals surface area contributed by atoms with E-state index in [1.165, 1.54) is 24.0 Å². The van der Waals surface area contributed by atoms with Gasteiger partial charge in [-0.15, -0.1) is 24.8 Å². The zero-order valence-electron chi connectivity index (χ0n) is 14.0. The monoisotopic (exact) mass is 374 g/mol. The molecule has 3 heterocycles. The average molecular weight is 375 g/mol. The molecule has 4 nitrogen and oxygen atoms in total. The average Bonchev–Trinajstić information content (AvgIpc) is 3.05. The lowest BCUT2D eigenvalue weighted by molar-refractivity contribution is 0.0213. The number of rotatable bonds is 3. The molecule has 0 amide bonds. The molecule has 3 aliphatic heterocycles. The molecule has 0 radical (unpaired) electrons. The van der Waals surface area contributed by atoms with Crippen molar-refractivity contribution in [3.63, 3.8) is 0 Å². The third-order valence-electron chi connectivity index (χ3n) is 5.31. The van der Waals surface area contributed by atoms with Crippen molar-refractivity contribution < 1.29 is 9.47 Å². The van der Waals surface area contributed by atoms with Crippen molar-refractivity contribution in [2.45, 2.75) is 25.3 Å². The van der Waals surface area contributed by atoms with Gasteiger partial charge in [0.25, 0.3) is 0 Å². The molecule has 0 aliphatic carbocycles. The van der Waals surface area contributed by atoms with Crippen LogP contribution >= 0.6 is 24.8 Å². The van der Waals surface area contributed by atoms with E-state index >= 15 is 0 Å². The lowest BCUT2D eigenvalue weighted by Gasteiger charge is -2.41. The van der Waals surface area contributed by atoms with Gasteiger partial charge in [-0.1, -0.05) is 12.1 Å². The second-order valence-corrected chi connectivity index (χ2v) is 6.65. The van der Waals surface area contributed by atoms with E-state index < -0.39 is 0 Å². The fourth-order valence-electron chi connectivity index (χ4n) is 4.16. The predicted octanol–water partition coefficient (Wildman–Crippen LogP) is 2.84. The number of hydrogen-bond donors (Lipinski definition) is 1. The number of halogens is 2. The zero-order chi connectivity index (χ0) is 14.8. The van der Waals surface area contributed by atoms with E-state index in [9.17, 15) is 0 Å². The fourth-order valence-corrected chi connectivity index (χ4v) is 4.16. The van der Waals surface area contributed by atoms with Gasteiger partial charge in [0.1, 0.15) is 5.75 Å². The summed E-state index contributed by atoms with van der Waals surface area (Å²) >= 11 is 0. The Balaban J connectivity index is 0.00000104. The molecule has 1 atom stereocenters. The van der Waals surface area contributed by atoms with Gasteiger partial charge < -0.3 is 14.8 Å². The van der Waals surface area contributed by atoms with E-state index in [2.05, 4.69) is 28.4 Å². The number of ether oxygens (including phenoxy) is 2. The maximum atomic E-state index is 5.68. The van der Waals surface area contributed by atoms with Crippen molar-refractivity contribution in [2.24, 2.45) is 5.92 Å². The van der Waals surface area contributed by atoms with Crippen molar-refractivity contribution in [1.29, 1.82) is 0 Å². The van der Waals surface area contributed by atoms with Crippen molar-refractivity contribution >= 4 is 24.8 Å². The quantitative estimate of drug-likeness (QED) is 0.881. The minimum absolute atomic E-state index is 0. The van der Waals surface area contributed by atoms with Gasteiger partial charge in [0.15, 0.2) is 0 Å². The molecule has 2 saturated heterocycles. The van der Waals surface area contributed by atoms with Crippen LogP contribution in [0.4, 0.5) is 0 Å². The Morgan fingerprint density at radius 2 is 1.79 bits per heavy atom. The van der Waals surface area contributed by atoms with Gasteiger partial charge in [0.05, 0.1) is 6.61 Å². The first kappa shape index (κ1) is 19.8. The minimum atomic E-state index is 0. The molecule has 24 heavy (non-hydrogen) atoms. The normalized spacial score (nSPS) is 22.7. The van der Waals surface area contributed by atoms with E-state index in [1.807, 2.05) is 0 Å². The van der Waals surface area contributed by atoms with Gasteiger partial charge in [-0.2, -0.15) is 0 Å². The lowest BCUT2D eigenvalue weighted by Crippen LogP contribution is -2.47. The highest BCUT2D eigenvalue weighted by molar-refractivity contribution is 5.85. The van der Waals surface area contributed by atoms with E-state index in [0.717, 1.165) is 58.2 Å². The number of fused-ring (bicyclic) bond motifs is 1. The molecular formula is C18H28Cl2N2O2. The lowest BCUT2D eigenvalue weighted by atomic mass is 9.85. The topological polar surface area (TPSA) is 33.7 Å². The zero-order valence-corrected chi connectivity index (χ0v) is 15.7. The smallest absolute Gasteiger partial charge is 0.122 e. The summed E-state index contributed by atoms with van der Waals surface area (Å²) in [7, 11) is 0. The van der Waals surface area contributed by atoms with E-state index in [0.29, 0.717) is 12.0 Å². The van der Waals surface area contributed by atoms with Crippen molar-refractivity contribution in [1.82, 2.24) is 10.2 Å². The van der Waals surface area contributed by atoms with E-state index in [1.54, 1.807) is 0 Å². The fraction of sp³-hybridized carbons (Fsp3) is 0.667. The van der Waals surface area contributed by atoms with Crippen LogP contribution in [0.15, 0.2) is 18.2 Å². The Hall–Kier alpha value is -0.520.